The van der Waals surface area contributed by atoms with E-state index in [0.717, 1.165) is 11.9 Å². The number of carbonyl (C=O) groups excluding carboxylic acids is 2. The van der Waals surface area contributed by atoms with Gasteiger partial charge in [-0.2, -0.15) is 0 Å². The number of nitrogens with zero attached hydrogens (tertiary/aromatic N) is 3. The fraction of sp³-hybridized carbons (Fsp3) is 0.375. The summed E-state index contributed by atoms with van der Waals surface area (Å²) in [5.41, 5.74) is -1.26. The van der Waals surface area contributed by atoms with E-state index in [9.17, 15) is 29.6 Å². The van der Waals surface area contributed by atoms with Crippen molar-refractivity contribution < 1.29 is 29.2 Å². The summed E-state index contributed by atoms with van der Waals surface area (Å²) in [6.45, 7) is 0.772. The number of nitro groups is 1. The highest BCUT2D eigenvalue weighted by molar-refractivity contribution is 8.01. The fourth-order valence-electron chi connectivity index (χ4n) is 2.76. The van der Waals surface area contributed by atoms with Crippen LogP contribution in [-0.4, -0.2) is 62.8 Å². The van der Waals surface area contributed by atoms with Crippen LogP contribution < -0.4 is 0 Å². The quantitative estimate of drug-likeness (QED) is 0.236. The Morgan fingerprint density at radius 3 is 2.86 bits per heavy atom. The van der Waals surface area contributed by atoms with Crippen molar-refractivity contribution in [2.45, 2.75) is 17.2 Å². The minimum absolute atomic E-state index is 0.0959. The molecule has 2 atom stereocenters. The lowest BCUT2D eigenvalue weighted by Gasteiger charge is -2.49. The second-order valence-corrected chi connectivity index (χ2v) is 8.13. The third-order valence-corrected chi connectivity index (χ3v) is 6.64. The number of carbonyl (C=O) groups is 3. The van der Waals surface area contributed by atoms with Crippen LogP contribution in [0.5, 0.6) is 0 Å². The summed E-state index contributed by atoms with van der Waals surface area (Å²) in [5.74, 6) is -2.03. The van der Waals surface area contributed by atoms with E-state index in [1.807, 2.05) is 0 Å². The van der Waals surface area contributed by atoms with Crippen LogP contribution in [0.1, 0.15) is 6.92 Å². The predicted octanol–water partition coefficient (Wildman–Crippen LogP) is 1.59. The maximum absolute atomic E-state index is 12.4. The largest absolute Gasteiger partial charge is 0.481 e. The summed E-state index contributed by atoms with van der Waals surface area (Å²) in [5, 5.41) is 20.2. The van der Waals surface area contributed by atoms with Crippen molar-refractivity contribution >= 4 is 53.0 Å². The topological polar surface area (TPSA) is 139 Å². The zero-order chi connectivity index (χ0) is 20.5. The molecule has 0 spiro atoms. The number of amides is 1. The highest BCUT2D eigenvalue weighted by atomic mass is 32.2. The number of rotatable bonds is 6. The van der Waals surface area contributed by atoms with Crippen LogP contribution in [0.2, 0.25) is 0 Å². The van der Waals surface area contributed by atoms with Crippen LogP contribution >= 0.6 is 23.7 Å². The van der Waals surface area contributed by atoms with Gasteiger partial charge in [-0.05, 0) is 6.07 Å². The van der Waals surface area contributed by atoms with Gasteiger partial charge >= 0.3 is 11.9 Å². The zero-order valence-electron chi connectivity index (χ0n) is 14.6. The number of hydrogen-bond acceptors (Lipinski definition) is 9. The van der Waals surface area contributed by atoms with Crippen LogP contribution in [0.3, 0.4) is 0 Å². The number of β-lactam (4-membered cyclic amide) rings is 1. The molecule has 3 rings (SSSR count). The van der Waals surface area contributed by atoms with Gasteiger partial charge in [0.25, 0.3) is 11.6 Å². The van der Waals surface area contributed by atoms with Crippen LogP contribution in [0, 0.1) is 15.5 Å². The molecule has 2 heterocycles. The Hall–Kier alpha value is -2.60. The van der Waals surface area contributed by atoms with Crippen molar-refractivity contribution in [2.24, 2.45) is 9.81 Å². The Labute approximate surface area is 167 Å². The highest BCUT2D eigenvalue weighted by Crippen LogP contribution is 2.42. The minimum atomic E-state index is -1.38. The SMILES string of the molecule is CC(=O)OCC1(C(=O)O)CS[C@@H]2C(=NSc3ccccc3[N+](=O)[O-])C(=O)N2C1. The van der Waals surface area contributed by atoms with Crippen molar-refractivity contribution in [1.29, 1.82) is 0 Å². The van der Waals surface area contributed by atoms with Gasteiger partial charge in [0.2, 0.25) is 0 Å². The molecule has 1 amide bonds. The third kappa shape index (κ3) is 3.69. The summed E-state index contributed by atoms with van der Waals surface area (Å²) >= 11 is 2.05. The van der Waals surface area contributed by atoms with Gasteiger partial charge in [0.1, 0.15) is 28.0 Å². The number of nitro benzene ring substituents is 1. The van der Waals surface area contributed by atoms with E-state index in [-0.39, 0.29) is 30.3 Å². The van der Waals surface area contributed by atoms with Gasteiger partial charge in [0.05, 0.1) is 4.92 Å². The van der Waals surface area contributed by atoms with Crippen LogP contribution in [-0.2, 0) is 19.1 Å². The Morgan fingerprint density at radius 2 is 2.21 bits per heavy atom. The van der Waals surface area contributed by atoms with E-state index >= 15 is 0 Å². The van der Waals surface area contributed by atoms with Crippen LogP contribution in [0.25, 0.3) is 0 Å². The summed E-state index contributed by atoms with van der Waals surface area (Å²) in [6.07, 6.45) is 0. The minimum Gasteiger partial charge on any atom is -0.481 e. The Bertz CT molecular complexity index is 891. The first-order valence-electron chi connectivity index (χ1n) is 8.03. The molecule has 2 saturated heterocycles. The molecular formula is C16H15N3O7S2. The van der Waals surface area contributed by atoms with Crippen molar-refractivity contribution in [3.63, 3.8) is 0 Å². The first-order chi connectivity index (χ1) is 13.2. The molecule has 1 aromatic rings. The number of hydrogen-bond donors (Lipinski definition) is 1. The Kier molecular flexibility index (Phi) is 5.61. The second-order valence-electron chi connectivity index (χ2n) is 6.25. The first-order valence-corrected chi connectivity index (χ1v) is 9.85. The fourth-order valence-corrected chi connectivity index (χ4v) is 5.01. The van der Waals surface area contributed by atoms with Gasteiger partial charge in [-0.3, -0.25) is 24.5 Å². The predicted molar refractivity (Wildman–Crippen MR) is 101 cm³/mol. The average Bonchev–Trinajstić information content (AvgIpc) is 2.66. The molecule has 148 valence electrons. The van der Waals surface area contributed by atoms with E-state index in [1.165, 1.54) is 41.8 Å². The maximum Gasteiger partial charge on any atom is 0.315 e. The molecule has 28 heavy (non-hydrogen) atoms. The molecule has 2 aliphatic rings. The molecule has 1 unspecified atom stereocenters. The molecule has 0 bridgehead atoms. The van der Waals surface area contributed by atoms with E-state index in [2.05, 4.69) is 4.40 Å². The molecule has 1 N–H and O–H groups in total. The number of aliphatic carboxylic acids is 1. The van der Waals surface area contributed by atoms with Gasteiger partial charge in [-0.1, -0.05) is 12.1 Å². The molecule has 0 aromatic heterocycles. The van der Waals surface area contributed by atoms with Crippen molar-refractivity contribution in [2.75, 3.05) is 18.9 Å². The molecule has 12 heteroatoms. The summed E-state index contributed by atoms with van der Waals surface area (Å²) in [7, 11) is 0. The lowest BCUT2D eigenvalue weighted by Crippen LogP contribution is -2.68. The number of thioether (sulfide) groups is 1. The van der Waals surface area contributed by atoms with Gasteiger partial charge < -0.3 is 14.7 Å². The molecule has 0 radical (unpaired) electrons. The first kappa shape index (κ1) is 20.1. The lowest BCUT2D eigenvalue weighted by molar-refractivity contribution is -0.387. The van der Waals surface area contributed by atoms with Crippen molar-refractivity contribution in [1.82, 2.24) is 4.90 Å². The normalized spacial score (nSPS) is 25.0. The number of fused-ring (bicyclic) bond motifs is 1. The molecule has 0 aliphatic carbocycles. The summed E-state index contributed by atoms with van der Waals surface area (Å²) in [4.78, 5) is 47.4. The standard InChI is InChI=1S/C16H15N3O7S2/c1-9(20)26-7-16(15(22)23)6-18-13(21)12(14(18)27-8-16)17-28-11-5-3-2-4-10(11)19(24)25/h2-5,14H,6-8H2,1H3,(H,22,23)/t14-,16?/m1/s1. The third-order valence-electron chi connectivity index (χ3n) is 4.30. The van der Waals surface area contributed by atoms with E-state index in [0.29, 0.717) is 4.90 Å². The monoisotopic (exact) mass is 425 g/mol. The van der Waals surface area contributed by atoms with Gasteiger partial charge in [-0.25, -0.2) is 4.40 Å². The number of esters is 1. The van der Waals surface area contributed by atoms with Crippen LogP contribution in [0.15, 0.2) is 33.6 Å². The van der Waals surface area contributed by atoms with E-state index in [4.69, 9.17) is 4.74 Å². The maximum atomic E-state index is 12.4. The Balaban J connectivity index is 1.73. The van der Waals surface area contributed by atoms with Gasteiger partial charge in [-0.15, -0.1) is 11.8 Å². The van der Waals surface area contributed by atoms with Gasteiger partial charge in [0.15, 0.2) is 0 Å². The number of carboxylic acids is 1. The van der Waals surface area contributed by atoms with Crippen molar-refractivity contribution in [3.05, 3.63) is 34.4 Å². The molecule has 1 aromatic carbocycles. The van der Waals surface area contributed by atoms with Crippen LogP contribution in [0.4, 0.5) is 5.69 Å². The zero-order valence-corrected chi connectivity index (χ0v) is 16.2. The van der Waals surface area contributed by atoms with Gasteiger partial charge in [0, 0.05) is 37.2 Å². The Morgan fingerprint density at radius 1 is 1.50 bits per heavy atom. The molecule has 10 nitrogen and oxygen atoms in total. The average molecular weight is 425 g/mol. The smallest absolute Gasteiger partial charge is 0.315 e. The molecular weight excluding hydrogens is 410 g/mol. The molecule has 0 saturated carbocycles. The second kappa shape index (κ2) is 7.80. The number of carboxylic acid groups (broad SMARTS) is 1. The van der Waals surface area contributed by atoms with Crippen molar-refractivity contribution in [3.8, 4) is 0 Å². The van der Waals surface area contributed by atoms with E-state index < -0.39 is 33.6 Å². The van der Waals surface area contributed by atoms with E-state index in [1.54, 1.807) is 6.07 Å². The highest BCUT2D eigenvalue weighted by Gasteiger charge is 2.56. The number of benzene rings is 1. The summed E-state index contributed by atoms with van der Waals surface area (Å²) < 4.78 is 9.05. The number of ether oxygens (including phenoxy) is 1. The number of para-hydroxylation sites is 1. The summed E-state index contributed by atoms with van der Waals surface area (Å²) in [6, 6.07) is 6.06. The molecule has 2 aliphatic heterocycles. The lowest BCUT2D eigenvalue weighted by atomic mass is 9.88. The molecule has 2 fully saturated rings.